The molecule has 4 heteroatoms. The summed E-state index contributed by atoms with van der Waals surface area (Å²) >= 11 is 0. The fourth-order valence-electron chi connectivity index (χ4n) is 2.62. The smallest absolute Gasteiger partial charge is 0.188 e. The summed E-state index contributed by atoms with van der Waals surface area (Å²) in [4.78, 5) is 4.38. The first kappa shape index (κ1) is 11.7. The Morgan fingerprint density at radius 1 is 1.31 bits per heavy atom. The van der Waals surface area contributed by atoms with E-state index in [9.17, 15) is 5.11 Å². The van der Waals surface area contributed by atoms with E-state index in [2.05, 4.69) is 10.3 Å². The van der Waals surface area contributed by atoms with Crippen LogP contribution in [0.4, 0.5) is 0 Å². The van der Waals surface area contributed by atoms with Gasteiger partial charge in [-0.2, -0.15) is 0 Å². The van der Waals surface area contributed by atoms with Crippen LogP contribution in [0.1, 0.15) is 44.9 Å². The van der Waals surface area contributed by atoms with Crippen molar-refractivity contribution in [3.63, 3.8) is 0 Å². The number of guanidine groups is 1. The minimum absolute atomic E-state index is 0.0436. The van der Waals surface area contributed by atoms with E-state index in [1.54, 1.807) is 0 Å². The number of nitrogens with zero attached hydrogens (tertiary/aromatic N) is 1. The summed E-state index contributed by atoms with van der Waals surface area (Å²) in [5.74, 6) is 0.562. The van der Waals surface area contributed by atoms with Crippen LogP contribution in [0.25, 0.3) is 0 Å². The van der Waals surface area contributed by atoms with Crippen LogP contribution in [0.15, 0.2) is 4.99 Å². The molecule has 0 amide bonds. The standard InChI is InChI=1S/C12H23N3O/c13-11(15-10-4-1-2-5-10)14-8-12(9-16)6-3-7-12/h10,16H,1-9H2,(H3,13,14,15). The van der Waals surface area contributed by atoms with Gasteiger partial charge in [0.15, 0.2) is 5.96 Å². The van der Waals surface area contributed by atoms with Gasteiger partial charge in [-0.15, -0.1) is 0 Å². The number of rotatable bonds is 4. The van der Waals surface area contributed by atoms with Crippen molar-refractivity contribution in [1.29, 1.82) is 0 Å². The maximum atomic E-state index is 9.30. The predicted octanol–water partition coefficient (Wildman–Crippen LogP) is 0.996. The molecule has 2 fully saturated rings. The van der Waals surface area contributed by atoms with Crippen molar-refractivity contribution in [2.75, 3.05) is 13.2 Å². The molecule has 0 aromatic rings. The summed E-state index contributed by atoms with van der Waals surface area (Å²) < 4.78 is 0. The molecule has 0 atom stereocenters. The molecule has 0 heterocycles. The number of hydrogen-bond donors (Lipinski definition) is 3. The summed E-state index contributed by atoms with van der Waals surface area (Å²) in [6.45, 7) is 0.919. The van der Waals surface area contributed by atoms with Crippen molar-refractivity contribution in [2.45, 2.75) is 51.0 Å². The molecule has 0 bridgehead atoms. The van der Waals surface area contributed by atoms with Crippen LogP contribution in [-0.2, 0) is 0 Å². The van der Waals surface area contributed by atoms with Gasteiger partial charge in [-0.3, -0.25) is 4.99 Å². The Kier molecular flexibility index (Phi) is 3.69. The van der Waals surface area contributed by atoms with Crippen LogP contribution in [0.3, 0.4) is 0 Å². The Bertz CT molecular complexity index is 249. The second-order valence-electron chi connectivity index (χ2n) is 5.34. The first-order valence-electron chi connectivity index (χ1n) is 6.41. The van der Waals surface area contributed by atoms with Crippen molar-refractivity contribution < 1.29 is 5.11 Å². The van der Waals surface area contributed by atoms with Gasteiger partial charge in [0.2, 0.25) is 0 Å². The molecular formula is C12H23N3O. The summed E-state index contributed by atoms with van der Waals surface area (Å²) in [6.07, 6.45) is 8.40. The molecule has 2 rings (SSSR count). The molecule has 0 aromatic carbocycles. The number of nitrogens with two attached hydrogens (primary N) is 1. The van der Waals surface area contributed by atoms with Gasteiger partial charge in [-0.1, -0.05) is 19.3 Å². The molecule has 4 nitrogen and oxygen atoms in total. The van der Waals surface area contributed by atoms with E-state index in [0.29, 0.717) is 18.5 Å². The van der Waals surface area contributed by atoms with Crippen LogP contribution in [0.5, 0.6) is 0 Å². The first-order chi connectivity index (χ1) is 7.74. The molecular weight excluding hydrogens is 202 g/mol. The lowest BCUT2D eigenvalue weighted by Crippen LogP contribution is -2.41. The fourth-order valence-corrected chi connectivity index (χ4v) is 2.62. The van der Waals surface area contributed by atoms with Gasteiger partial charge in [0, 0.05) is 11.5 Å². The SMILES string of the molecule is NC(=NCC1(CO)CCC1)NC1CCCC1. The number of aliphatic hydroxyl groups is 1. The van der Waals surface area contributed by atoms with Gasteiger partial charge in [-0.05, 0) is 25.7 Å². The summed E-state index contributed by atoms with van der Waals surface area (Å²) in [5.41, 5.74) is 5.90. The van der Waals surface area contributed by atoms with Crippen LogP contribution in [0, 0.1) is 5.41 Å². The number of aliphatic hydroxyl groups excluding tert-OH is 1. The Morgan fingerprint density at radius 3 is 2.50 bits per heavy atom. The molecule has 16 heavy (non-hydrogen) atoms. The summed E-state index contributed by atoms with van der Waals surface area (Å²) in [6, 6.07) is 0.523. The molecule has 0 aromatic heterocycles. The summed E-state index contributed by atoms with van der Waals surface area (Å²) in [7, 11) is 0. The van der Waals surface area contributed by atoms with Gasteiger partial charge >= 0.3 is 0 Å². The highest BCUT2D eigenvalue weighted by Gasteiger charge is 2.36. The molecule has 2 saturated carbocycles. The Morgan fingerprint density at radius 2 is 2.00 bits per heavy atom. The minimum Gasteiger partial charge on any atom is -0.396 e. The minimum atomic E-state index is 0.0436. The third-order valence-corrected chi connectivity index (χ3v) is 4.04. The molecule has 4 N–H and O–H groups in total. The number of hydrogen-bond acceptors (Lipinski definition) is 2. The lowest BCUT2D eigenvalue weighted by Gasteiger charge is -2.38. The average Bonchev–Trinajstić information content (AvgIpc) is 2.69. The maximum Gasteiger partial charge on any atom is 0.188 e. The van der Waals surface area contributed by atoms with Crippen molar-refractivity contribution in [3.05, 3.63) is 0 Å². The van der Waals surface area contributed by atoms with Crippen molar-refractivity contribution in [1.82, 2.24) is 5.32 Å². The van der Waals surface area contributed by atoms with Gasteiger partial charge < -0.3 is 16.2 Å². The zero-order valence-electron chi connectivity index (χ0n) is 9.91. The van der Waals surface area contributed by atoms with Crippen molar-refractivity contribution in [3.8, 4) is 0 Å². The van der Waals surface area contributed by atoms with Crippen molar-refractivity contribution in [2.24, 2.45) is 16.1 Å². The van der Waals surface area contributed by atoms with E-state index in [1.165, 1.54) is 32.1 Å². The van der Waals surface area contributed by atoms with Crippen LogP contribution >= 0.6 is 0 Å². The van der Waals surface area contributed by atoms with E-state index in [0.717, 1.165) is 12.8 Å². The number of nitrogens with one attached hydrogen (secondary N) is 1. The molecule has 2 aliphatic rings. The zero-order chi connectivity index (χ0) is 11.4. The highest BCUT2D eigenvalue weighted by Crippen LogP contribution is 2.40. The third kappa shape index (κ3) is 2.67. The first-order valence-corrected chi connectivity index (χ1v) is 6.41. The monoisotopic (exact) mass is 225 g/mol. The topological polar surface area (TPSA) is 70.6 Å². The van der Waals surface area contributed by atoms with Gasteiger partial charge in [0.05, 0.1) is 13.2 Å². The number of aliphatic imine (C=N–C) groups is 1. The lowest BCUT2D eigenvalue weighted by atomic mass is 9.69. The van der Waals surface area contributed by atoms with E-state index in [1.807, 2.05) is 0 Å². The van der Waals surface area contributed by atoms with E-state index >= 15 is 0 Å². The zero-order valence-corrected chi connectivity index (χ0v) is 9.91. The van der Waals surface area contributed by atoms with Crippen molar-refractivity contribution >= 4 is 5.96 Å². The quantitative estimate of drug-likeness (QED) is 0.494. The van der Waals surface area contributed by atoms with Crippen LogP contribution in [0.2, 0.25) is 0 Å². The lowest BCUT2D eigenvalue weighted by molar-refractivity contribution is 0.0539. The molecule has 0 saturated heterocycles. The Hall–Kier alpha value is -0.770. The van der Waals surface area contributed by atoms with E-state index in [-0.39, 0.29) is 12.0 Å². The third-order valence-electron chi connectivity index (χ3n) is 4.04. The Balaban J connectivity index is 1.77. The average molecular weight is 225 g/mol. The van der Waals surface area contributed by atoms with Crippen LogP contribution < -0.4 is 11.1 Å². The molecule has 0 radical (unpaired) electrons. The van der Waals surface area contributed by atoms with E-state index in [4.69, 9.17) is 5.73 Å². The fraction of sp³-hybridized carbons (Fsp3) is 0.917. The molecule has 2 aliphatic carbocycles. The van der Waals surface area contributed by atoms with E-state index < -0.39 is 0 Å². The molecule has 0 unspecified atom stereocenters. The molecule has 0 spiro atoms. The normalized spacial score (nSPS) is 25.4. The highest BCUT2D eigenvalue weighted by atomic mass is 16.3. The highest BCUT2D eigenvalue weighted by molar-refractivity contribution is 5.78. The predicted molar refractivity (Wildman–Crippen MR) is 65.3 cm³/mol. The van der Waals surface area contributed by atoms with Gasteiger partial charge in [0.25, 0.3) is 0 Å². The molecule has 0 aliphatic heterocycles. The largest absolute Gasteiger partial charge is 0.396 e. The second-order valence-corrected chi connectivity index (χ2v) is 5.34. The molecule has 92 valence electrons. The van der Waals surface area contributed by atoms with Gasteiger partial charge in [-0.25, -0.2) is 0 Å². The summed E-state index contributed by atoms with van der Waals surface area (Å²) in [5, 5.41) is 12.6. The Labute approximate surface area is 97.3 Å². The van der Waals surface area contributed by atoms with Gasteiger partial charge in [0.1, 0.15) is 0 Å². The van der Waals surface area contributed by atoms with Crippen LogP contribution in [-0.4, -0.2) is 30.3 Å². The maximum absolute atomic E-state index is 9.30. The second kappa shape index (κ2) is 5.04.